The summed E-state index contributed by atoms with van der Waals surface area (Å²) in [5.74, 6) is 0.840. The van der Waals surface area contributed by atoms with Crippen LogP contribution in [0.2, 0.25) is 0 Å². The Hall–Kier alpha value is -1.45. The summed E-state index contributed by atoms with van der Waals surface area (Å²) in [5.41, 5.74) is 1.22. The van der Waals surface area contributed by atoms with Gasteiger partial charge in [0.05, 0.1) is 0 Å². The van der Waals surface area contributed by atoms with E-state index in [1.54, 1.807) is 24.8 Å². The topological polar surface area (TPSA) is 70.2 Å². The summed E-state index contributed by atoms with van der Waals surface area (Å²) < 4.78 is 36.6. The molecule has 1 fully saturated rings. The molecule has 146 valence electrons. The van der Waals surface area contributed by atoms with E-state index >= 15 is 0 Å². The van der Waals surface area contributed by atoms with Crippen molar-refractivity contribution in [3.8, 4) is 0 Å². The Bertz CT molecular complexity index is 638. The van der Waals surface area contributed by atoms with Gasteiger partial charge < -0.3 is 16.0 Å². The fourth-order valence-corrected chi connectivity index (χ4v) is 3.31. The monoisotopic (exact) mass is 411 g/mol. The first-order chi connectivity index (χ1) is 11.7. The fraction of sp³-hybridized carbons (Fsp3) is 0.500. The quantitative estimate of drug-likeness (QED) is 0.696. The van der Waals surface area contributed by atoms with Gasteiger partial charge in [-0.1, -0.05) is 6.07 Å². The highest BCUT2D eigenvalue weighted by Gasteiger charge is 2.28. The lowest BCUT2D eigenvalue weighted by Gasteiger charge is -2.22. The number of hydrogen-bond donors (Lipinski definition) is 3. The van der Waals surface area contributed by atoms with Gasteiger partial charge >= 0.3 is 6.18 Å². The summed E-state index contributed by atoms with van der Waals surface area (Å²) in [4.78, 5) is 24.0. The number of nitrogens with one attached hydrogen (secondary N) is 3. The number of benzene rings is 1. The van der Waals surface area contributed by atoms with Crippen LogP contribution in [0.1, 0.15) is 22.3 Å². The lowest BCUT2D eigenvalue weighted by molar-refractivity contribution is -0.123. The van der Waals surface area contributed by atoms with Gasteiger partial charge in [0.15, 0.2) is 0 Å². The van der Waals surface area contributed by atoms with Crippen molar-refractivity contribution in [2.75, 3.05) is 29.9 Å². The average molecular weight is 412 g/mol. The van der Waals surface area contributed by atoms with Crippen LogP contribution in [0.3, 0.4) is 0 Å². The van der Waals surface area contributed by atoms with Crippen molar-refractivity contribution in [3.05, 3.63) is 29.3 Å². The Morgan fingerprint density at radius 2 is 2.08 bits per heavy atom. The predicted octanol–water partition coefficient (Wildman–Crippen LogP) is 2.74. The van der Waals surface area contributed by atoms with Gasteiger partial charge in [-0.05, 0) is 24.6 Å². The molecular weight excluding hydrogens is 391 g/mol. The number of rotatable bonds is 5. The summed E-state index contributed by atoms with van der Waals surface area (Å²) in [6.07, 6.45) is -4.17. The van der Waals surface area contributed by atoms with E-state index in [-0.39, 0.29) is 29.9 Å². The first-order valence-corrected chi connectivity index (χ1v) is 8.96. The third kappa shape index (κ3) is 7.43. The second-order valence-corrected chi connectivity index (χ2v) is 6.96. The van der Waals surface area contributed by atoms with Crippen LogP contribution >= 0.6 is 24.2 Å². The van der Waals surface area contributed by atoms with Crippen LogP contribution in [0.5, 0.6) is 0 Å². The highest BCUT2D eigenvalue weighted by atomic mass is 35.5. The maximum atomic E-state index is 12.2. The zero-order chi connectivity index (χ0) is 18.4. The Labute approximate surface area is 160 Å². The molecule has 1 heterocycles. The van der Waals surface area contributed by atoms with E-state index in [1.165, 1.54) is 12.1 Å². The number of aryl methyl sites for hydroxylation is 1. The first-order valence-electron chi connectivity index (χ1n) is 7.81. The minimum Gasteiger partial charge on any atom is -0.343 e. The van der Waals surface area contributed by atoms with Crippen molar-refractivity contribution in [1.82, 2.24) is 10.6 Å². The van der Waals surface area contributed by atoms with E-state index < -0.39 is 18.6 Å². The number of carbonyl (C=O) groups excluding carboxylic acids is 2. The lowest BCUT2D eigenvalue weighted by Crippen LogP contribution is -2.40. The number of thioether (sulfide) groups is 1. The highest BCUT2D eigenvalue weighted by Crippen LogP contribution is 2.19. The standard InChI is InChI=1S/C16H20F3N3O2S.ClH/c1-10-2-3-11(15(24)21-9-16(17,18)19)6-13(10)22-14(23)7-12-8-25-5-4-20-12;/h2-3,6,12,20H,4-5,7-9H2,1H3,(H,21,24)(H,22,23);1H. The zero-order valence-electron chi connectivity index (χ0n) is 14.1. The molecule has 0 aliphatic carbocycles. The molecule has 0 bridgehead atoms. The molecule has 1 aliphatic heterocycles. The highest BCUT2D eigenvalue weighted by molar-refractivity contribution is 7.99. The van der Waals surface area contributed by atoms with Gasteiger partial charge in [-0.2, -0.15) is 24.9 Å². The molecule has 1 aliphatic rings. The summed E-state index contributed by atoms with van der Waals surface area (Å²) in [6.45, 7) is 1.21. The molecular formula is C16H21ClF3N3O2S. The van der Waals surface area contributed by atoms with Crippen LogP contribution < -0.4 is 16.0 Å². The Balaban J connectivity index is 0.00000338. The molecule has 10 heteroatoms. The first kappa shape index (κ1) is 22.6. The van der Waals surface area contributed by atoms with E-state index in [9.17, 15) is 22.8 Å². The fourth-order valence-electron chi connectivity index (χ4n) is 2.36. The molecule has 0 radical (unpaired) electrons. The summed E-state index contributed by atoms with van der Waals surface area (Å²) in [7, 11) is 0. The lowest BCUT2D eigenvalue weighted by atomic mass is 10.1. The van der Waals surface area contributed by atoms with Crippen LogP contribution in [0, 0.1) is 6.92 Å². The second-order valence-electron chi connectivity index (χ2n) is 5.81. The van der Waals surface area contributed by atoms with E-state index in [0.29, 0.717) is 12.1 Å². The normalized spacial score (nSPS) is 17.2. The summed E-state index contributed by atoms with van der Waals surface area (Å²) in [6, 6.07) is 4.50. The van der Waals surface area contributed by atoms with Crippen LogP contribution in [-0.2, 0) is 4.79 Å². The van der Waals surface area contributed by atoms with E-state index in [4.69, 9.17) is 0 Å². The van der Waals surface area contributed by atoms with E-state index in [1.807, 2.05) is 5.32 Å². The van der Waals surface area contributed by atoms with Gasteiger partial charge in [-0.3, -0.25) is 9.59 Å². The maximum absolute atomic E-state index is 12.2. The van der Waals surface area contributed by atoms with Crippen LogP contribution in [0.25, 0.3) is 0 Å². The molecule has 1 aromatic carbocycles. The van der Waals surface area contributed by atoms with Crippen molar-refractivity contribution in [2.45, 2.75) is 25.6 Å². The van der Waals surface area contributed by atoms with Crippen molar-refractivity contribution in [3.63, 3.8) is 0 Å². The van der Waals surface area contributed by atoms with Gasteiger partial charge in [0.1, 0.15) is 6.54 Å². The van der Waals surface area contributed by atoms with Gasteiger partial charge in [0.25, 0.3) is 5.91 Å². The molecule has 1 saturated heterocycles. The van der Waals surface area contributed by atoms with Crippen molar-refractivity contribution in [1.29, 1.82) is 0 Å². The van der Waals surface area contributed by atoms with Crippen LogP contribution in [-0.4, -0.2) is 48.6 Å². The van der Waals surface area contributed by atoms with Gasteiger partial charge in [-0.15, -0.1) is 12.4 Å². The number of amides is 2. The molecule has 26 heavy (non-hydrogen) atoms. The van der Waals surface area contributed by atoms with Crippen molar-refractivity contribution in [2.24, 2.45) is 0 Å². The zero-order valence-corrected chi connectivity index (χ0v) is 15.7. The van der Waals surface area contributed by atoms with Gasteiger partial charge in [0, 0.05) is 41.8 Å². The third-order valence-electron chi connectivity index (χ3n) is 3.65. The molecule has 1 unspecified atom stereocenters. The largest absolute Gasteiger partial charge is 0.405 e. The Morgan fingerprint density at radius 3 is 2.69 bits per heavy atom. The molecule has 5 nitrogen and oxygen atoms in total. The number of anilines is 1. The molecule has 2 amide bonds. The molecule has 2 rings (SSSR count). The van der Waals surface area contributed by atoms with Crippen LogP contribution in [0.4, 0.5) is 18.9 Å². The molecule has 0 spiro atoms. The molecule has 0 saturated carbocycles. The smallest absolute Gasteiger partial charge is 0.343 e. The number of hydrogen-bond acceptors (Lipinski definition) is 4. The number of carbonyl (C=O) groups is 2. The average Bonchev–Trinajstić information content (AvgIpc) is 2.55. The van der Waals surface area contributed by atoms with Gasteiger partial charge in [-0.25, -0.2) is 0 Å². The summed E-state index contributed by atoms with van der Waals surface area (Å²) in [5, 5.41) is 7.81. The number of alkyl halides is 3. The Kier molecular flexibility index (Phi) is 8.72. The second kappa shape index (κ2) is 10.0. The van der Waals surface area contributed by atoms with Crippen LogP contribution in [0.15, 0.2) is 18.2 Å². The minimum atomic E-state index is -4.47. The molecule has 3 N–H and O–H groups in total. The number of halogens is 4. The minimum absolute atomic E-state index is 0. The molecule has 1 aromatic rings. The summed E-state index contributed by atoms with van der Waals surface area (Å²) >= 11 is 1.78. The SMILES string of the molecule is Cc1ccc(C(=O)NCC(F)(F)F)cc1NC(=O)CC1CSCCN1.Cl. The van der Waals surface area contributed by atoms with Crippen molar-refractivity contribution >= 4 is 41.7 Å². The third-order valence-corrected chi connectivity index (χ3v) is 4.78. The van der Waals surface area contributed by atoms with E-state index in [2.05, 4.69) is 10.6 Å². The van der Waals surface area contributed by atoms with E-state index in [0.717, 1.165) is 23.6 Å². The maximum Gasteiger partial charge on any atom is 0.405 e. The Morgan fingerprint density at radius 1 is 1.35 bits per heavy atom. The van der Waals surface area contributed by atoms with Gasteiger partial charge in [0.2, 0.25) is 5.91 Å². The molecule has 0 aromatic heterocycles. The van der Waals surface area contributed by atoms with Crippen molar-refractivity contribution < 1.29 is 22.8 Å². The predicted molar refractivity (Wildman–Crippen MR) is 99.2 cm³/mol. The molecule has 1 atom stereocenters.